The van der Waals surface area contributed by atoms with E-state index < -0.39 is 16.8 Å². The fourth-order valence-corrected chi connectivity index (χ4v) is 2.92. The first-order valence-corrected chi connectivity index (χ1v) is 8.58. The summed E-state index contributed by atoms with van der Waals surface area (Å²) >= 11 is 0. The molecule has 0 fully saturated rings. The van der Waals surface area contributed by atoms with Gasteiger partial charge in [-0.25, -0.2) is 0 Å². The Labute approximate surface area is 165 Å². The number of aromatic nitrogens is 1. The Kier molecular flexibility index (Phi) is 5.64. The fourth-order valence-electron chi connectivity index (χ4n) is 2.92. The Balaban J connectivity index is 2.11. The van der Waals surface area contributed by atoms with E-state index >= 15 is 0 Å². The molecule has 1 aliphatic heterocycles. The molecule has 0 spiro atoms. The van der Waals surface area contributed by atoms with E-state index in [1.165, 1.54) is 26.4 Å². The summed E-state index contributed by atoms with van der Waals surface area (Å²) in [5.74, 6) is 5.20. The van der Waals surface area contributed by atoms with Crippen molar-refractivity contribution in [2.24, 2.45) is 0 Å². The molecule has 0 atom stereocenters. The van der Waals surface area contributed by atoms with Crippen molar-refractivity contribution >= 4 is 34.9 Å². The number of methoxy groups -OCH3 is 2. The second-order valence-corrected chi connectivity index (χ2v) is 5.99. The van der Waals surface area contributed by atoms with Gasteiger partial charge in [-0.2, -0.15) is 0 Å². The molecular weight excluding hydrogens is 378 g/mol. The maximum absolute atomic E-state index is 12.5. The number of nitrogens with zero attached hydrogens (tertiary/aromatic N) is 1. The number of anilines is 1. The summed E-state index contributed by atoms with van der Waals surface area (Å²) in [5.41, 5.74) is 1.41. The zero-order valence-corrected chi connectivity index (χ0v) is 15.7. The largest absolute Gasteiger partial charge is 0.495 e. The number of fused-ring (bicyclic) bond motifs is 1. The van der Waals surface area contributed by atoms with Crippen molar-refractivity contribution in [3.63, 3.8) is 0 Å². The quantitative estimate of drug-likeness (QED) is 0.264. The highest BCUT2D eigenvalue weighted by Crippen LogP contribution is 2.40. The van der Waals surface area contributed by atoms with Crippen molar-refractivity contribution in [2.45, 2.75) is 12.8 Å². The number of ether oxygens (including phenoxy) is 2. The predicted molar refractivity (Wildman–Crippen MR) is 105 cm³/mol. The van der Waals surface area contributed by atoms with Crippen LogP contribution in [0.5, 0.6) is 5.75 Å². The average Bonchev–Trinajstić information content (AvgIpc) is 3.28. The van der Waals surface area contributed by atoms with Crippen LogP contribution in [0, 0.1) is 22.0 Å². The van der Waals surface area contributed by atoms with Crippen LogP contribution < -0.4 is 10.1 Å². The van der Waals surface area contributed by atoms with Crippen LogP contribution in [0.15, 0.2) is 24.4 Å². The first kappa shape index (κ1) is 19.7. The minimum Gasteiger partial charge on any atom is -0.495 e. The lowest BCUT2D eigenvalue weighted by atomic mass is 9.98. The summed E-state index contributed by atoms with van der Waals surface area (Å²) < 4.78 is 9.79. The van der Waals surface area contributed by atoms with E-state index in [1.54, 1.807) is 18.3 Å². The van der Waals surface area contributed by atoms with Crippen LogP contribution in [0.1, 0.15) is 29.7 Å². The van der Waals surface area contributed by atoms with Crippen LogP contribution in [0.25, 0.3) is 11.6 Å². The molecule has 0 saturated heterocycles. The molecule has 1 amide bonds. The van der Waals surface area contributed by atoms with Crippen LogP contribution in [0.2, 0.25) is 0 Å². The molecule has 1 aromatic carbocycles. The number of aromatic amines is 1. The van der Waals surface area contributed by atoms with Crippen LogP contribution in [0.3, 0.4) is 0 Å². The number of hydrogen-bond acceptors (Lipinski definition) is 6. The third-order valence-electron chi connectivity index (χ3n) is 4.28. The van der Waals surface area contributed by atoms with Crippen molar-refractivity contribution in [3.05, 3.63) is 51.3 Å². The number of rotatable bonds is 5. The molecular formula is C20H17N3O6. The second kappa shape index (κ2) is 8.31. The van der Waals surface area contributed by atoms with Crippen molar-refractivity contribution in [1.82, 2.24) is 4.98 Å². The van der Waals surface area contributed by atoms with Gasteiger partial charge < -0.3 is 19.8 Å². The number of nitro benzene ring substituents is 1. The van der Waals surface area contributed by atoms with E-state index in [0.717, 1.165) is 0 Å². The summed E-state index contributed by atoms with van der Waals surface area (Å²) in [4.78, 5) is 37.7. The third-order valence-corrected chi connectivity index (χ3v) is 4.28. The highest BCUT2D eigenvalue weighted by atomic mass is 16.6. The molecule has 2 heterocycles. The third kappa shape index (κ3) is 3.96. The molecule has 3 rings (SSSR count). The number of amides is 1. The topological polar surface area (TPSA) is 124 Å². The van der Waals surface area contributed by atoms with Gasteiger partial charge in [-0.15, -0.1) is 0 Å². The Morgan fingerprint density at radius 3 is 2.79 bits per heavy atom. The maximum Gasteiger partial charge on any atom is 0.306 e. The summed E-state index contributed by atoms with van der Waals surface area (Å²) in [6.45, 7) is 0. The summed E-state index contributed by atoms with van der Waals surface area (Å²) in [7, 11) is 2.77. The first-order chi connectivity index (χ1) is 14.0. The highest BCUT2D eigenvalue weighted by molar-refractivity contribution is 6.35. The van der Waals surface area contributed by atoms with Crippen molar-refractivity contribution in [3.8, 4) is 17.6 Å². The fraction of sp³-hybridized carbons (Fsp3) is 0.200. The summed E-state index contributed by atoms with van der Waals surface area (Å²) in [5, 5.41) is 14.2. The number of esters is 1. The Bertz CT molecular complexity index is 1090. The Morgan fingerprint density at radius 1 is 1.31 bits per heavy atom. The van der Waals surface area contributed by atoms with Gasteiger partial charge >= 0.3 is 5.97 Å². The minimum absolute atomic E-state index is 0.0614. The molecule has 0 aliphatic carbocycles. The smallest absolute Gasteiger partial charge is 0.306 e. The van der Waals surface area contributed by atoms with Crippen LogP contribution in [-0.2, 0) is 14.3 Å². The van der Waals surface area contributed by atoms with Gasteiger partial charge in [-0.3, -0.25) is 19.7 Å². The monoisotopic (exact) mass is 395 g/mol. The first-order valence-electron chi connectivity index (χ1n) is 8.58. The molecule has 0 saturated carbocycles. The lowest BCUT2D eigenvalue weighted by Crippen LogP contribution is -2.03. The van der Waals surface area contributed by atoms with Gasteiger partial charge in [0.25, 0.3) is 11.6 Å². The SMILES string of the molecule is COC(=O)CCC#Cc1c([N+](=O)[O-])ccc2c1/C(=C/c1[nH]ccc1OC)C(=O)N2. The number of H-pyrrole nitrogens is 1. The molecule has 148 valence electrons. The number of nitrogens with one attached hydrogen (secondary N) is 2. The normalized spacial score (nSPS) is 13.3. The molecule has 9 nitrogen and oxygen atoms in total. The van der Waals surface area contributed by atoms with E-state index in [-0.39, 0.29) is 29.7 Å². The zero-order valence-electron chi connectivity index (χ0n) is 15.7. The predicted octanol–water partition coefficient (Wildman–Crippen LogP) is 2.73. The van der Waals surface area contributed by atoms with Gasteiger partial charge in [-0.05, 0) is 18.2 Å². The molecule has 0 bridgehead atoms. The van der Waals surface area contributed by atoms with Crippen molar-refractivity contribution < 1.29 is 24.0 Å². The minimum atomic E-state index is -0.555. The van der Waals surface area contributed by atoms with Gasteiger partial charge in [0.2, 0.25) is 0 Å². The van der Waals surface area contributed by atoms with Crippen LogP contribution >= 0.6 is 0 Å². The molecule has 0 unspecified atom stereocenters. The molecule has 0 radical (unpaired) electrons. The van der Waals surface area contributed by atoms with E-state index in [9.17, 15) is 19.7 Å². The van der Waals surface area contributed by atoms with Crippen molar-refractivity contribution in [2.75, 3.05) is 19.5 Å². The van der Waals surface area contributed by atoms with E-state index in [0.29, 0.717) is 22.7 Å². The standard InChI is InChI=1S/C20H17N3O6/c1-28-17-9-10-21-15(17)11-13-19-12(5-3-4-6-18(24)29-2)16(23(26)27)8-7-14(19)22-20(13)25/h7-11,21H,4,6H2,1-2H3,(H,22,25)/b13-11-. The van der Waals surface area contributed by atoms with E-state index in [2.05, 4.69) is 26.9 Å². The lowest BCUT2D eigenvalue weighted by Gasteiger charge is -2.04. The van der Waals surface area contributed by atoms with Gasteiger partial charge in [0, 0.05) is 24.2 Å². The van der Waals surface area contributed by atoms with Crippen molar-refractivity contribution in [1.29, 1.82) is 0 Å². The van der Waals surface area contributed by atoms with E-state index in [1.807, 2.05) is 0 Å². The van der Waals surface area contributed by atoms with Gasteiger partial charge in [-0.1, -0.05) is 11.8 Å². The number of hydrogen-bond donors (Lipinski definition) is 2. The second-order valence-electron chi connectivity index (χ2n) is 5.99. The average molecular weight is 395 g/mol. The van der Waals surface area contributed by atoms with E-state index in [4.69, 9.17) is 4.74 Å². The van der Waals surface area contributed by atoms with Crippen LogP contribution in [-0.4, -0.2) is 36.0 Å². The zero-order chi connectivity index (χ0) is 21.0. The van der Waals surface area contributed by atoms with Gasteiger partial charge in [0.1, 0.15) is 11.3 Å². The Morgan fingerprint density at radius 2 is 2.10 bits per heavy atom. The summed E-state index contributed by atoms with van der Waals surface area (Å²) in [6.07, 6.45) is 3.44. The lowest BCUT2D eigenvalue weighted by molar-refractivity contribution is -0.385. The van der Waals surface area contributed by atoms with Gasteiger partial charge in [0.05, 0.1) is 42.5 Å². The molecule has 1 aliphatic rings. The molecule has 2 aromatic rings. The number of benzene rings is 1. The number of carbonyl (C=O) groups is 2. The molecule has 2 N–H and O–H groups in total. The number of nitro groups is 1. The van der Waals surface area contributed by atoms with Gasteiger partial charge in [0.15, 0.2) is 0 Å². The Hall–Kier alpha value is -4.06. The highest BCUT2D eigenvalue weighted by Gasteiger charge is 2.31. The molecule has 1 aromatic heterocycles. The molecule has 9 heteroatoms. The maximum atomic E-state index is 12.5. The van der Waals surface area contributed by atoms with Crippen LogP contribution in [0.4, 0.5) is 11.4 Å². The molecule has 29 heavy (non-hydrogen) atoms. The number of carbonyl (C=O) groups excluding carboxylic acids is 2. The summed E-state index contributed by atoms with van der Waals surface area (Å²) in [6, 6.07) is 4.46.